The lowest BCUT2D eigenvalue weighted by Crippen LogP contribution is -2.19. The molecule has 1 aliphatic heterocycles. The molecule has 1 fully saturated rings. The number of aryl methyl sites for hydroxylation is 2. The van der Waals surface area contributed by atoms with Gasteiger partial charge in [-0.1, -0.05) is 32.0 Å². The molecule has 2 N–H and O–H groups in total. The summed E-state index contributed by atoms with van der Waals surface area (Å²) in [4.78, 5) is 12.2. The van der Waals surface area contributed by atoms with E-state index in [1.165, 1.54) is 11.1 Å². The number of nitrogens with one attached hydrogen (secondary N) is 2. The highest BCUT2D eigenvalue weighted by molar-refractivity contribution is 5.92. The second-order valence-corrected chi connectivity index (χ2v) is 5.27. The molecule has 1 unspecified atom stereocenters. The highest BCUT2D eigenvalue weighted by atomic mass is 16.1. The fraction of sp³-hybridized carbons (Fsp3) is 0.562. The van der Waals surface area contributed by atoms with E-state index in [-0.39, 0.29) is 5.91 Å². The Kier molecular flexibility index (Phi) is 4.97. The number of para-hydroxylation sites is 1. The fourth-order valence-corrected chi connectivity index (χ4v) is 2.74. The van der Waals surface area contributed by atoms with Crippen LogP contribution < -0.4 is 10.6 Å². The summed E-state index contributed by atoms with van der Waals surface area (Å²) in [6.45, 7) is 6.28. The Morgan fingerprint density at radius 3 is 2.53 bits per heavy atom. The van der Waals surface area contributed by atoms with E-state index < -0.39 is 0 Å². The summed E-state index contributed by atoms with van der Waals surface area (Å²) in [5, 5.41) is 6.45. The van der Waals surface area contributed by atoms with Crippen molar-refractivity contribution in [2.24, 2.45) is 5.92 Å². The third kappa shape index (κ3) is 3.57. The first-order valence-corrected chi connectivity index (χ1v) is 7.35. The lowest BCUT2D eigenvalue weighted by Gasteiger charge is -2.15. The van der Waals surface area contributed by atoms with Gasteiger partial charge in [0.25, 0.3) is 0 Å². The normalized spacial score (nSPS) is 18.5. The van der Waals surface area contributed by atoms with Crippen LogP contribution in [0.25, 0.3) is 0 Å². The Morgan fingerprint density at radius 1 is 1.32 bits per heavy atom. The summed E-state index contributed by atoms with van der Waals surface area (Å²) in [5.41, 5.74) is 3.51. The van der Waals surface area contributed by atoms with Crippen LogP contribution >= 0.6 is 0 Å². The van der Waals surface area contributed by atoms with Gasteiger partial charge in [0.05, 0.1) is 0 Å². The molecular formula is C16H24N2O. The van der Waals surface area contributed by atoms with Gasteiger partial charge in [0, 0.05) is 12.1 Å². The molecule has 104 valence electrons. The van der Waals surface area contributed by atoms with Crippen LogP contribution in [-0.2, 0) is 17.6 Å². The predicted molar refractivity (Wildman–Crippen MR) is 79.4 cm³/mol. The average Bonchev–Trinajstić information content (AvgIpc) is 2.91. The maximum atomic E-state index is 12.2. The zero-order chi connectivity index (χ0) is 13.7. The number of anilines is 1. The maximum Gasteiger partial charge on any atom is 0.224 e. The summed E-state index contributed by atoms with van der Waals surface area (Å²) in [6, 6.07) is 6.28. The molecule has 1 heterocycles. The van der Waals surface area contributed by atoms with Crippen LogP contribution in [0.1, 0.15) is 37.8 Å². The topological polar surface area (TPSA) is 41.1 Å². The van der Waals surface area contributed by atoms with Crippen molar-refractivity contribution in [2.45, 2.75) is 39.5 Å². The first-order valence-electron chi connectivity index (χ1n) is 7.35. The number of amides is 1. The molecule has 1 atom stereocenters. The monoisotopic (exact) mass is 260 g/mol. The lowest BCUT2D eigenvalue weighted by atomic mass is 10.0. The van der Waals surface area contributed by atoms with Gasteiger partial charge in [-0.2, -0.15) is 0 Å². The molecule has 0 bridgehead atoms. The molecule has 19 heavy (non-hydrogen) atoms. The van der Waals surface area contributed by atoms with E-state index >= 15 is 0 Å². The van der Waals surface area contributed by atoms with E-state index in [0.717, 1.165) is 38.0 Å². The van der Waals surface area contributed by atoms with Gasteiger partial charge in [0.2, 0.25) is 5.91 Å². The van der Waals surface area contributed by atoms with Crippen molar-refractivity contribution in [3.05, 3.63) is 29.3 Å². The van der Waals surface area contributed by atoms with E-state index in [0.29, 0.717) is 12.3 Å². The molecule has 0 saturated carbocycles. The van der Waals surface area contributed by atoms with Gasteiger partial charge in [-0.05, 0) is 49.4 Å². The van der Waals surface area contributed by atoms with E-state index in [9.17, 15) is 4.79 Å². The van der Waals surface area contributed by atoms with Crippen molar-refractivity contribution in [2.75, 3.05) is 18.4 Å². The minimum absolute atomic E-state index is 0.157. The summed E-state index contributed by atoms with van der Waals surface area (Å²) in [7, 11) is 0. The predicted octanol–water partition coefficient (Wildman–Crippen LogP) is 2.75. The summed E-state index contributed by atoms with van der Waals surface area (Å²) in [5.74, 6) is 0.656. The van der Waals surface area contributed by atoms with Crippen LogP contribution in [0, 0.1) is 5.92 Å². The standard InChI is InChI=1S/C16H24N2O/c1-3-13-6-5-7-14(4-2)16(13)18-15(19)10-12-8-9-17-11-12/h5-7,12,17H,3-4,8-11H2,1-2H3,(H,18,19). The molecule has 1 saturated heterocycles. The van der Waals surface area contributed by atoms with Crippen LogP contribution in [0.5, 0.6) is 0 Å². The maximum absolute atomic E-state index is 12.2. The highest BCUT2D eigenvalue weighted by Crippen LogP contribution is 2.23. The summed E-state index contributed by atoms with van der Waals surface area (Å²) >= 11 is 0. The van der Waals surface area contributed by atoms with Gasteiger partial charge >= 0.3 is 0 Å². The van der Waals surface area contributed by atoms with Crippen LogP contribution in [0.15, 0.2) is 18.2 Å². The smallest absolute Gasteiger partial charge is 0.224 e. The van der Waals surface area contributed by atoms with Gasteiger partial charge < -0.3 is 10.6 Å². The third-order valence-corrected chi connectivity index (χ3v) is 3.90. The number of carbonyl (C=O) groups is 1. The molecule has 1 aromatic carbocycles. The van der Waals surface area contributed by atoms with Gasteiger partial charge in [-0.3, -0.25) is 4.79 Å². The van der Waals surface area contributed by atoms with E-state index in [1.54, 1.807) is 0 Å². The minimum atomic E-state index is 0.157. The zero-order valence-electron chi connectivity index (χ0n) is 12.0. The molecule has 0 aliphatic carbocycles. The zero-order valence-corrected chi connectivity index (χ0v) is 12.0. The Labute approximate surface area is 115 Å². The molecule has 0 radical (unpaired) electrons. The Morgan fingerprint density at radius 2 is 2.00 bits per heavy atom. The number of hydrogen-bond acceptors (Lipinski definition) is 2. The summed E-state index contributed by atoms with van der Waals surface area (Å²) < 4.78 is 0. The van der Waals surface area contributed by atoms with Gasteiger partial charge in [0.1, 0.15) is 0 Å². The first kappa shape index (κ1) is 14.1. The number of carbonyl (C=O) groups excluding carboxylic acids is 1. The van der Waals surface area contributed by atoms with Gasteiger partial charge in [0.15, 0.2) is 0 Å². The number of hydrogen-bond donors (Lipinski definition) is 2. The Bertz CT molecular complexity index is 414. The quantitative estimate of drug-likeness (QED) is 0.854. The van der Waals surface area contributed by atoms with Crippen molar-refractivity contribution in [1.29, 1.82) is 0 Å². The molecule has 3 heteroatoms. The fourth-order valence-electron chi connectivity index (χ4n) is 2.74. The van der Waals surface area contributed by atoms with Crippen LogP contribution in [0.2, 0.25) is 0 Å². The largest absolute Gasteiger partial charge is 0.326 e. The van der Waals surface area contributed by atoms with Gasteiger partial charge in [-0.15, -0.1) is 0 Å². The Hall–Kier alpha value is -1.35. The lowest BCUT2D eigenvalue weighted by molar-refractivity contribution is -0.117. The minimum Gasteiger partial charge on any atom is -0.326 e. The molecule has 2 rings (SSSR count). The third-order valence-electron chi connectivity index (χ3n) is 3.90. The van der Waals surface area contributed by atoms with Gasteiger partial charge in [-0.25, -0.2) is 0 Å². The molecular weight excluding hydrogens is 236 g/mol. The molecule has 3 nitrogen and oxygen atoms in total. The SMILES string of the molecule is CCc1cccc(CC)c1NC(=O)CC1CCNC1. The first-order chi connectivity index (χ1) is 9.24. The second-order valence-electron chi connectivity index (χ2n) is 5.27. The van der Waals surface area contributed by atoms with E-state index in [4.69, 9.17) is 0 Å². The van der Waals surface area contributed by atoms with Crippen molar-refractivity contribution in [3.63, 3.8) is 0 Å². The number of benzene rings is 1. The molecule has 1 aliphatic rings. The van der Waals surface area contributed by atoms with Crippen LogP contribution in [0.4, 0.5) is 5.69 Å². The van der Waals surface area contributed by atoms with Crippen molar-refractivity contribution >= 4 is 11.6 Å². The van der Waals surface area contributed by atoms with Crippen molar-refractivity contribution < 1.29 is 4.79 Å². The Balaban J connectivity index is 2.06. The second kappa shape index (κ2) is 6.71. The van der Waals surface area contributed by atoms with E-state index in [1.807, 2.05) is 0 Å². The van der Waals surface area contributed by atoms with Crippen molar-refractivity contribution in [3.8, 4) is 0 Å². The molecule has 1 amide bonds. The van der Waals surface area contributed by atoms with E-state index in [2.05, 4.69) is 42.7 Å². The molecule has 1 aromatic rings. The van der Waals surface area contributed by atoms with Crippen LogP contribution in [0.3, 0.4) is 0 Å². The van der Waals surface area contributed by atoms with Crippen molar-refractivity contribution in [1.82, 2.24) is 5.32 Å². The average molecular weight is 260 g/mol. The number of rotatable bonds is 5. The molecule has 0 aromatic heterocycles. The summed E-state index contributed by atoms with van der Waals surface area (Å²) in [6.07, 6.45) is 3.65. The molecule has 0 spiro atoms. The highest BCUT2D eigenvalue weighted by Gasteiger charge is 2.19. The van der Waals surface area contributed by atoms with Crippen LogP contribution in [-0.4, -0.2) is 19.0 Å².